The molecule has 1 N–H and O–H groups in total. The molecule has 1 aromatic carbocycles. The number of hydrogen-bond acceptors (Lipinski definition) is 1. The predicted octanol–water partition coefficient (Wildman–Crippen LogP) is 4.38. The van der Waals surface area contributed by atoms with Crippen molar-refractivity contribution in [3.8, 4) is 0 Å². The first-order valence-electron chi connectivity index (χ1n) is 6.91. The highest BCUT2D eigenvalue weighted by Gasteiger charge is 2.25. The fourth-order valence-electron chi connectivity index (χ4n) is 2.52. The predicted molar refractivity (Wildman–Crippen MR) is 79.6 cm³/mol. The minimum absolute atomic E-state index is 0.210. The van der Waals surface area contributed by atoms with Crippen LogP contribution >= 0.6 is 11.6 Å². The third kappa shape index (κ3) is 3.27. The normalized spacial score (nSPS) is 16.1. The van der Waals surface area contributed by atoms with Crippen molar-refractivity contribution in [1.29, 1.82) is 0 Å². The summed E-state index contributed by atoms with van der Waals surface area (Å²) in [6.07, 6.45) is 3.89. The molecule has 0 unspecified atom stereocenters. The molecule has 1 aliphatic carbocycles. The molecule has 100 valence electrons. The second-order valence-corrected chi connectivity index (χ2v) is 6.69. The summed E-state index contributed by atoms with van der Waals surface area (Å²) in [4.78, 5) is 0. The van der Waals surface area contributed by atoms with Crippen LogP contribution in [0.5, 0.6) is 0 Å². The molecular weight excluding hydrogens is 242 g/mol. The molecule has 0 amide bonds. The minimum Gasteiger partial charge on any atom is -0.314 e. The Balaban J connectivity index is 2.09. The smallest absolute Gasteiger partial charge is 0.0438 e. The molecule has 1 saturated carbocycles. The molecule has 0 aromatic heterocycles. The van der Waals surface area contributed by atoms with Crippen LogP contribution in [0.15, 0.2) is 12.1 Å². The average molecular weight is 266 g/mol. The Bertz CT molecular complexity index is 433. The topological polar surface area (TPSA) is 12.0 Å². The van der Waals surface area contributed by atoms with Crippen LogP contribution in [0.1, 0.15) is 49.8 Å². The van der Waals surface area contributed by atoms with Crippen molar-refractivity contribution in [2.24, 2.45) is 0 Å². The monoisotopic (exact) mass is 265 g/mol. The lowest BCUT2D eigenvalue weighted by Gasteiger charge is -2.28. The summed E-state index contributed by atoms with van der Waals surface area (Å²) in [7, 11) is 0. The molecule has 2 rings (SSSR count). The zero-order valence-corrected chi connectivity index (χ0v) is 12.7. The zero-order chi connectivity index (χ0) is 13.3. The first-order chi connectivity index (χ1) is 8.40. The first kappa shape index (κ1) is 13.9. The van der Waals surface area contributed by atoms with E-state index in [2.05, 4.69) is 45.1 Å². The molecule has 0 radical (unpaired) electrons. The van der Waals surface area contributed by atoms with Gasteiger partial charge in [-0.1, -0.05) is 31.5 Å². The summed E-state index contributed by atoms with van der Waals surface area (Å²) >= 11 is 6.18. The van der Waals surface area contributed by atoms with Gasteiger partial charge in [-0.15, -0.1) is 0 Å². The number of rotatable bonds is 5. The van der Waals surface area contributed by atoms with Gasteiger partial charge in [0, 0.05) is 11.1 Å². The number of benzene rings is 1. The fraction of sp³-hybridized carbons (Fsp3) is 0.625. The van der Waals surface area contributed by atoms with Crippen LogP contribution in [0, 0.1) is 13.8 Å². The van der Waals surface area contributed by atoms with Gasteiger partial charge in [0.1, 0.15) is 0 Å². The lowest BCUT2D eigenvalue weighted by Crippen LogP contribution is -2.27. The molecule has 0 saturated heterocycles. The average Bonchev–Trinajstić information content (AvgIpc) is 3.07. The number of hydrogen-bond donors (Lipinski definition) is 1. The van der Waals surface area contributed by atoms with Gasteiger partial charge in [0.2, 0.25) is 0 Å². The molecule has 0 heterocycles. The summed E-state index contributed by atoms with van der Waals surface area (Å²) in [5.74, 6) is 0. The van der Waals surface area contributed by atoms with E-state index in [-0.39, 0.29) is 5.41 Å². The SMILES string of the molecule is Cc1cc(C(C)(C)CCNC2CC2)c(C)cc1Cl. The Hall–Kier alpha value is -0.530. The molecule has 1 aliphatic rings. The third-order valence-corrected chi connectivity index (χ3v) is 4.40. The molecule has 18 heavy (non-hydrogen) atoms. The van der Waals surface area contributed by atoms with E-state index in [4.69, 9.17) is 11.6 Å². The highest BCUT2D eigenvalue weighted by atomic mass is 35.5. The minimum atomic E-state index is 0.210. The zero-order valence-electron chi connectivity index (χ0n) is 11.9. The van der Waals surface area contributed by atoms with Crippen molar-refractivity contribution in [2.45, 2.75) is 58.4 Å². The largest absolute Gasteiger partial charge is 0.314 e. The molecule has 0 spiro atoms. The van der Waals surface area contributed by atoms with Crippen LogP contribution in [-0.4, -0.2) is 12.6 Å². The van der Waals surface area contributed by atoms with E-state index in [9.17, 15) is 0 Å². The second kappa shape index (κ2) is 5.22. The lowest BCUT2D eigenvalue weighted by atomic mass is 9.78. The van der Waals surface area contributed by atoms with Crippen molar-refractivity contribution < 1.29 is 0 Å². The summed E-state index contributed by atoms with van der Waals surface area (Å²) in [6.45, 7) is 10.0. The van der Waals surface area contributed by atoms with Gasteiger partial charge in [-0.2, -0.15) is 0 Å². The summed E-state index contributed by atoms with van der Waals surface area (Å²) in [6, 6.07) is 5.16. The van der Waals surface area contributed by atoms with Gasteiger partial charge in [0.05, 0.1) is 0 Å². The van der Waals surface area contributed by atoms with E-state index in [0.29, 0.717) is 0 Å². The summed E-state index contributed by atoms with van der Waals surface area (Å²) in [5.41, 5.74) is 4.13. The van der Waals surface area contributed by atoms with Crippen LogP contribution in [0.2, 0.25) is 5.02 Å². The molecule has 1 fully saturated rings. The standard InChI is InChI=1S/C16H24ClN/c1-11-10-15(17)12(2)9-14(11)16(3,4)7-8-18-13-5-6-13/h9-10,13,18H,5-8H2,1-4H3. The van der Waals surface area contributed by atoms with E-state index in [1.807, 2.05) is 0 Å². The molecule has 2 heteroatoms. The Kier molecular flexibility index (Phi) is 4.03. The molecule has 1 nitrogen and oxygen atoms in total. The number of nitrogens with one attached hydrogen (secondary N) is 1. The molecular formula is C16H24ClN. The second-order valence-electron chi connectivity index (χ2n) is 6.28. The van der Waals surface area contributed by atoms with Crippen molar-refractivity contribution in [3.05, 3.63) is 33.8 Å². The van der Waals surface area contributed by atoms with E-state index < -0.39 is 0 Å². The summed E-state index contributed by atoms with van der Waals surface area (Å²) in [5, 5.41) is 4.48. The van der Waals surface area contributed by atoms with Gasteiger partial charge < -0.3 is 5.32 Å². The van der Waals surface area contributed by atoms with Crippen molar-refractivity contribution >= 4 is 11.6 Å². The third-order valence-electron chi connectivity index (χ3n) is 4.00. The van der Waals surface area contributed by atoms with Crippen molar-refractivity contribution in [1.82, 2.24) is 5.32 Å². The maximum absolute atomic E-state index is 6.18. The van der Waals surface area contributed by atoms with Crippen LogP contribution in [0.3, 0.4) is 0 Å². The van der Waals surface area contributed by atoms with Crippen LogP contribution in [0.4, 0.5) is 0 Å². The Labute approximate surface area is 116 Å². The molecule has 0 aliphatic heterocycles. The van der Waals surface area contributed by atoms with Gasteiger partial charge in [-0.05, 0) is 67.8 Å². The Morgan fingerprint density at radius 2 is 1.89 bits per heavy atom. The number of halogens is 1. The quantitative estimate of drug-likeness (QED) is 0.833. The van der Waals surface area contributed by atoms with E-state index in [0.717, 1.165) is 17.6 Å². The van der Waals surface area contributed by atoms with E-state index in [1.165, 1.54) is 36.0 Å². The summed E-state index contributed by atoms with van der Waals surface area (Å²) < 4.78 is 0. The Morgan fingerprint density at radius 1 is 1.22 bits per heavy atom. The molecule has 0 atom stereocenters. The van der Waals surface area contributed by atoms with Crippen molar-refractivity contribution in [2.75, 3.05) is 6.54 Å². The van der Waals surface area contributed by atoms with Gasteiger partial charge in [0.15, 0.2) is 0 Å². The van der Waals surface area contributed by atoms with E-state index in [1.54, 1.807) is 0 Å². The van der Waals surface area contributed by atoms with Crippen LogP contribution in [-0.2, 0) is 5.41 Å². The van der Waals surface area contributed by atoms with E-state index >= 15 is 0 Å². The van der Waals surface area contributed by atoms with Gasteiger partial charge in [-0.3, -0.25) is 0 Å². The van der Waals surface area contributed by atoms with Gasteiger partial charge in [-0.25, -0.2) is 0 Å². The number of aryl methyl sites for hydroxylation is 2. The highest BCUT2D eigenvalue weighted by Crippen LogP contribution is 2.33. The lowest BCUT2D eigenvalue weighted by molar-refractivity contribution is 0.454. The highest BCUT2D eigenvalue weighted by molar-refractivity contribution is 6.31. The van der Waals surface area contributed by atoms with Crippen molar-refractivity contribution in [3.63, 3.8) is 0 Å². The van der Waals surface area contributed by atoms with Gasteiger partial charge >= 0.3 is 0 Å². The van der Waals surface area contributed by atoms with Crippen LogP contribution in [0.25, 0.3) is 0 Å². The molecule has 0 bridgehead atoms. The first-order valence-corrected chi connectivity index (χ1v) is 7.28. The molecule has 1 aromatic rings. The van der Waals surface area contributed by atoms with Crippen LogP contribution < -0.4 is 5.32 Å². The maximum atomic E-state index is 6.18. The van der Waals surface area contributed by atoms with Gasteiger partial charge in [0.25, 0.3) is 0 Å². The fourth-order valence-corrected chi connectivity index (χ4v) is 2.74. The Morgan fingerprint density at radius 3 is 2.50 bits per heavy atom. The maximum Gasteiger partial charge on any atom is 0.0438 e.